The molecule has 0 saturated heterocycles. The normalized spacial score (nSPS) is 11.4. The minimum Gasteiger partial charge on any atom is -0.423 e. The minimum atomic E-state index is -1.53. The third kappa shape index (κ3) is 15.9. The Kier molecular flexibility index (Phi) is 23.1. The second kappa shape index (κ2) is 36.5. The summed E-state index contributed by atoms with van der Waals surface area (Å²) in [6.07, 6.45) is 0. The van der Waals surface area contributed by atoms with Gasteiger partial charge in [-0.2, -0.15) is 0 Å². The molecule has 0 aliphatic carbocycles. The third-order valence-corrected chi connectivity index (χ3v) is 25.4. The van der Waals surface area contributed by atoms with Gasteiger partial charge in [-0.05, 0) is 169 Å². The Bertz CT molecular complexity index is 8710. The van der Waals surface area contributed by atoms with Crippen LogP contribution >= 0.6 is 0 Å². The summed E-state index contributed by atoms with van der Waals surface area (Å²) in [5, 5.41) is 114. The van der Waals surface area contributed by atoms with Gasteiger partial charge in [0.05, 0.1) is 66.5 Å². The van der Waals surface area contributed by atoms with Crippen LogP contribution in [-0.2, 0) is 0 Å². The Morgan fingerprint density at radius 2 is 0.440 bits per heavy atom. The molecule has 15 nitrogen and oxygen atoms in total. The van der Waals surface area contributed by atoms with E-state index in [1.807, 2.05) is 194 Å². The van der Waals surface area contributed by atoms with Gasteiger partial charge in [0.15, 0.2) is 0 Å². The molecule has 640 valence electrons. The predicted molar refractivity (Wildman–Crippen MR) is 556 cm³/mol. The van der Waals surface area contributed by atoms with Gasteiger partial charge in [0, 0.05) is 87.2 Å². The van der Waals surface area contributed by atoms with Crippen LogP contribution in [0.1, 0.15) is 0 Å². The summed E-state index contributed by atoms with van der Waals surface area (Å²) in [7, 11) is -7.43. The van der Waals surface area contributed by atoms with Crippen LogP contribution in [0.3, 0.4) is 0 Å². The van der Waals surface area contributed by atoms with Crippen molar-refractivity contribution in [1.82, 2.24) is 22.8 Å². The molecule has 0 unspecified atom stereocenters. The average molecular weight is 1740 g/mol. The third-order valence-electron chi connectivity index (χ3n) is 25.4. The lowest BCUT2D eigenvalue weighted by Crippen LogP contribution is -2.31. The SMILES string of the molecule is OB(O)c1ccc2c(c1)c1ccccc1n2-c1ccc(-c2ccccc2)cc1.OB(O)c1ccc2c(c1)c1ccccc1n2-c1ccc2ccccc2c1.OB(O)c1ccc2c(c1)c1ccccc1n2-c1cccc(-c2ccccc2)c1.OB(O)c1ccc2c(c1)c1ccccc1n2-c1cccc2ccccc12.OB(O)c1cccc2c3ccccc3n(-c3cccc4ccccc34)c12. The first-order valence-electron chi connectivity index (χ1n) is 44.4. The van der Waals surface area contributed by atoms with Crippen LogP contribution < -0.4 is 27.3 Å². The van der Waals surface area contributed by atoms with E-state index in [1.165, 1.54) is 38.2 Å². The first-order chi connectivity index (χ1) is 65.7. The summed E-state index contributed by atoms with van der Waals surface area (Å²) in [6, 6.07) is 151. The molecule has 0 saturated carbocycles. The molecule has 5 aromatic heterocycles. The summed E-state index contributed by atoms with van der Waals surface area (Å²) in [5.41, 5.74) is 23.0. The number of benzene rings is 20. The maximum atomic E-state index is 9.97. The number of hydrogen-bond acceptors (Lipinski definition) is 10. The molecule has 0 aliphatic heterocycles. The van der Waals surface area contributed by atoms with Crippen LogP contribution in [0.25, 0.3) is 192 Å². The van der Waals surface area contributed by atoms with Gasteiger partial charge >= 0.3 is 35.6 Å². The Labute approximate surface area is 771 Å². The molecule has 5 heterocycles. The summed E-state index contributed by atoms with van der Waals surface area (Å²) < 4.78 is 11.1. The molecule has 0 atom stereocenters. The maximum Gasteiger partial charge on any atom is 0.490 e. The van der Waals surface area contributed by atoms with E-state index in [0.717, 1.165) is 154 Å². The largest absolute Gasteiger partial charge is 0.490 e. The van der Waals surface area contributed by atoms with Crippen molar-refractivity contribution in [3.8, 4) is 50.7 Å². The van der Waals surface area contributed by atoms with Crippen molar-refractivity contribution in [3.63, 3.8) is 0 Å². The number of fused-ring (bicyclic) bond motifs is 18. The molecule has 20 heteroatoms. The highest BCUT2D eigenvalue weighted by Crippen LogP contribution is 2.41. The summed E-state index contributed by atoms with van der Waals surface area (Å²) >= 11 is 0. The fourth-order valence-corrected chi connectivity index (χ4v) is 19.2. The number of rotatable bonds is 12. The molecular formula is C114H84B5N5O10. The number of hydrogen-bond donors (Lipinski definition) is 10. The first kappa shape index (κ1) is 84.9. The zero-order valence-electron chi connectivity index (χ0n) is 72.3. The molecule has 134 heavy (non-hydrogen) atoms. The average Bonchev–Trinajstić information content (AvgIpc) is 1.61. The lowest BCUT2D eigenvalue weighted by Gasteiger charge is -2.13. The molecule has 25 aromatic rings. The van der Waals surface area contributed by atoms with E-state index < -0.39 is 35.6 Å². The molecule has 0 aliphatic rings. The lowest BCUT2D eigenvalue weighted by atomic mass is 9.79. The van der Waals surface area contributed by atoms with E-state index in [1.54, 1.807) is 30.3 Å². The van der Waals surface area contributed by atoms with Crippen LogP contribution in [0.4, 0.5) is 0 Å². The summed E-state index contributed by atoms with van der Waals surface area (Å²) in [4.78, 5) is 0. The molecule has 10 N–H and O–H groups in total. The fraction of sp³-hybridized carbons (Fsp3) is 0. The van der Waals surface area contributed by atoms with E-state index in [4.69, 9.17) is 0 Å². The monoisotopic (exact) mass is 1740 g/mol. The maximum absolute atomic E-state index is 9.97. The summed E-state index contributed by atoms with van der Waals surface area (Å²) in [6.45, 7) is 0. The van der Waals surface area contributed by atoms with Crippen LogP contribution in [0.2, 0.25) is 0 Å². The fourth-order valence-electron chi connectivity index (χ4n) is 19.2. The van der Waals surface area contributed by atoms with Crippen LogP contribution in [0.15, 0.2) is 449 Å². The number of para-hydroxylation sites is 6. The molecule has 0 radical (unpaired) electrons. The van der Waals surface area contributed by atoms with Gasteiger partial charge in [0.25, 0.3) is 0 Å². The highest BCUT2D eigenvalue weighted by Gasteiger charge is 2.26. The van der Waals surface area contributed by atoms with Crippen molar-refractivity contribution in [2.45, 2.75) is 0 Å². The Balaban J connectivity index is 0.000000101. The quantitative estimate of drug-likeness (QED) is 0.0521. The van der Waals surface area contributed by atoms with Crippen molar-refractivity contribution in [2.24, 2.45) is 0 Å². The Hall–Kier alpha value is -15.9. The standard InChI is InChI=1S/2C24H18BNO2.3C22H16BNO2/c27-25(28)19-13-14-24-22(16-19)21-11-4-5-12-23(21)26(24)20-10-6-9-18(15-20)17-7-2-1-3-8-17;27-25(28)19-12-15-24-22(16-19)21-8-4-5-9-23(21)26(24)20-13-10-18(11-14-20)17-6-2-1-3-7-17;25-23(26)19-12-6-11-18-17-10-3-4-13-21(17)24(22(18)19)20-14-5-8-15-7-1-2-9-16(15)20;25-23(26)16-12-13-22-19(14-16)18-9-3-4-10-21(18)24(22)20-11-5-7-15-6-1-2-8-17(15)20;25-23(26)17-10-12-22-20(14-17)19-7-3-4-8-21(19)24(22)18-11-9-15-5-1-2-6-16(15)13-18/h2*1-16,27-28H;3*1-14,25-26H. The highest BCUT2D eigenvalue weighted by molar-refractivity contribution is 6.62. The van der Waals surface area contributed by atoms with Crippen LogP contribution in [0.5, 0.6) is 0 Å². The van der Waals surface area contributed by atoms with Crippen molar-refractivity contribution in [3.05, 3.63) is 449 Å². The van der Waals surface area contributed by atoms with Crippen molar-refractivity contribution in [2.75, 3.05) is 0 Å². The second-order valence-corrected chi connectivity index (χ2v) is 33.3. The van der Waals surface area contributed by atoms with E-state index >= 15 is 0 Å². The van der Waals surface area contributed by atoms with Gasteiger partial charge in [0.1, 0.15) is 0 Å². The van der Waals surface area contributed by atoms with Crippen molar-refractivity contribution < 1.29 is 50.2 Å². The Morgan fingerprint density at radius 3 is 0.881 bits per heavy atom. The van der Waals surface area contributed by atoms with Gasteiger partial charge in [-0.1, -0.05) is 346 Å². The smallest absolute Gasteiger partial charge is 0.423 e. The van der Waals surface area contributed by atoms with E-state index in [-0.39, 0.29) is 0 Å². The zero-order chi connectivity index (χ0) is 91.2. The molecule has 0 spiro atoms. The van der Waals surface area contributed by atoms with Gasteiger partial charge in [-0.15, -0.1) is 0 Å². The number of aromatic nitrogens is 5. The van der Waals surface area contributed by atoms with Gasteiger partial charge in [-0.3, -0.25) is 0 Å². The van der Waals surface area contributed by atoms with E-state index in [9.17, 15) is 50.2 Å². The van der Waals surface area contributed by atoms with Crippen molar-refractivity contribution in [1.29, 1.82) is 0 Å². The van der Waals surface area contributed by atoms with Crippen LogP contribution in [0, 0.1) is 0 Å². The molecule has 20 aromatic carbocycles. The predicted octanol–water partition coefficient (Wildman–Crippen LogP) is 19.1. The molecule has 0 bridgehead atoms. The van der Waals surface area contributed by atoms with Gasteiger partial charge < -0.3 is 73.1 Å². The topological polar surface area (TPSA) is 227 Å². The highest BCUT2D eigenvalue weighted by atomic mass is 16.4. The summed E-state index contributed by atoms with van der Waals surface area (Å²) in [5.74, 6) is 0. The second-order valence-electron chi connectivity index (χ2n) is 33.3. The number of nitrogens with zero attached hydrogens (tertiary/aromatic N) is 5. The minimum absolute atomic E-state index is 0.494. The molecule has 25 rings (SSSR count). The zero-order valence-corrected chi connectivity index (χ0v) is 72.3. The van der Waals surface area contributed by atoms with Gasteiger partial charge in [0.2, 0.25) is 0 Å². The van der Waals surface area contributed by atoms with Gasteiger partial charge in [-0.25, -0.2) is 0 Å². The van der Waals surface area contributed by atoms with Crippen molar-refractivity contribution >= 4 is 204 Å². The lowest BCUT2D eigenvalue weighted by molar-refractivity contribution is 0.424. The molecule has 0 amide bonds. The Morgan fingerprint density at radius 1 is 0.149 bits per heavy atom. The first-order valence-corrected chi connectivity index (χ1v) is 44.4. The van der Waals surface area contributed by atoms with Crippen LogP contribution in [-0.4, -0.2) is 109 Å². The molecular weight excluding hydrogens is 1650 g/mol. The van der Waals surface area contributed by atoms with E-state index in [0.29, 0.717) is 27.3 Å². The van der Waals surface area contributed by atoms with E-state index in [2.05, 4.69) is 247 Å². The molecule has 0 fully saturated rings.